The molecule has 0 radical (unpaired) electrons. The first kappa shape index (κ1) is 14.1. The largest absolute Gasteiger partial charge is 0.504 e. The van der Waals surface area contributed by atoms with E-state index in [2.05, 4.69) is 4.90 Å². The van der Waals surface area contributed by atoms with Gasteiger partial charge in [0.1, 0.15) is 5.75 Å². The number of hydrogen-bond donors (Lipinski definition) is 1. The molecular formula is C16H19NO3. The predicted molar refractivity (Wildman–Crippen MR) is 79.8 cm³/mol. The van der Waals surface area contributed by atoms with E-state index >= 15 is 0 Å². The predicted octanol–water partition coefficient (Wildman–Crippen LogP) is 3.05. The highest BCUT2D eigenvalue weighted by molar-refractivity contribution is 5.50. The number of phenols is 1. The Hall–Kier alpha value is -2.36. The molecule has 0 aliphatic rings. The Kier molecular flexibility index (Phi) is 4.35. The van der Waals surface area contributed by atoms with E-state index in [1.807, 2.05) is 37.4 Å². The molecule has 1 N–H and O–H groups in total. The number of anilines is 1. The van der Waals surface area contributed by atoms with Crippen LogP contribution in [-0.4, -0.2) is 26.4 Å². The molecule has 4 heteroatoms. The van der Waals surface area contributed by atoms with Gasteiger partial charge in [0.05, 0.1) is 14.2 Å². The Labute approximate surface area is 119 Å². The van der Waals surface area contributed by atoms with E-state index in [0.29, 0.717) is 12.3 Å². The molecule has 0 heterocycles. The Morgan fingerprint density at radius 1 is 1.00 bits per heavy atom. The maximum Gasteiger partial charge on any atom is 0.160 e. The third kappa shape index (κ3) is 3.15. The van der Waals surface area contributed by atoms with Crippen LogP contribution in [0.25, 0.3) is 0 Å². The first-order valence-electron chi connectivity index (χ1n) is 6.35. The summed E-state index contributed by atoms with van der Waals surface area (Å²) in [7, 11) is 5.19. The van der Waals surface area contributed by atoms with Gasteiger partial charge in [0, 0.05) is 19.3 Å². The molecule has 0 aliphatic carbocycles. The third-order valence-corrected chi connectivity index (χ3v) is 3.18. The van der Waals surface area contributed by atoms with Crippen LogP contribution in [0.2, 0.25) is 0 Å². The molecule has 0 fully saturated rings. The van der Waals surface area contributed by atoms with Crippen molar-refractivity contribution >= 4 is 5.69 Å². The van der Waals surface area contributed by atoms with Crippen LogP contribution in [0.1, 0.15) is 5.56 Å². The highest BCUT2D eigenvalue weighted by Crippen LogP contribution is 2.27. The van der Waals surface area contributed by atoms with Gasteiger partial charge in [-0.2, -0.15) is 0 Å². The van der Waals surface area contributed by atoms with Gasteiger partial charge in [-0.25, -0.2) is 0 Å². The molecule has 0 saturated carbocycles. The first-order valence-corrected chi connectivity index (χ1v) is 6.35. The molecule has 2 aromatic rings. The van der Waals surface area contributed by atoms with Crippen molar-refractivity contribution in [1.82, 2.24) is 0 Å². The second-order valence-corrected chi connectivity index (χ2v) is 4.56. The van der Waals surface area contributed by atoms with Crippen molar-refractivity contribution in [2.24, 2.45) is 0 Å². The summed E-state index contributed by atoms with van der Waals surface area (Å²) in [5, 5.41) is 9.78. The molecule has 0 aliphatic heterocycles. The zero-order valence-corrected chi connectivity index (χ0v) is 12.0. The molecule has 0 amide bonds. The van der Waals surface area contributed by atoms with Gasteiger partial charge in [-0.05, 0) is 42.0 Å². The zero-order valence-electron chi connectivity index (χ0n) is 12.0. The smallest absolute Gasteiger partial charge is 0.160 e. The minimum atomic E-state index is 0.160. The zero-order chi connectivity index (χ0) is 14.5. The first-order chi connectivity index (χ1) is 9.63. The Balaban J connectivity index is 2.10. The lowest BCUT2D eigenvalue weighted by Crippen LogP contribution is -2.16. The maximum absolute atomic E-state index is 9.78. The van der Waals surface area contributed by atoms with Gasteiger partial charge in [-0.1, -0.05) is 6.07 Å². The molecular weight excluding hydrogens is 254 g/mol. The van der Waals surface area contributed by atoms with E-state index in [4.69, 9.17) is 9.47 Å². The van der Waals surface area contributed by atoms with Crippen LogP contribution >= 0.6 is 0 Å². The topological polar surface area (TPSA) is 41.9 Å². The summed E-state index contributed by atoms with van der Waals surface area (Å²) in [6, 6.07) is 13.3. The lowest BCUT2D eigenvalue weighted by atomic mass is 10.2. The minimum absolute atomic E-state index is 0.160. The summed E-state index contributed by atoms with van der Waals surface area (Å²) >= 11 is 0. The van der Waals surface area contributed by atoms with Gasteiger partial charge in [0.15, 0.2) is 11.5 Å². The minimum Gasteiger partial charge on any atom is -0.504 e. The summed E-state index contributed by atoms with van der Waals surface area (Å²) in [5.41, 5.74) is 2.10. The number of phenolic OH excluding ortho intramolecular Hbond substituents is 1. The van der Waals surface area contributed by atoms with Gasteiger partial charge in [-0.3, -0.25) is 0 Å². The standard InChI is InChI=1S/C16H19NO3/c1-17(13-5-7-14(19-2)8-6-13)11-12-4-9-16(20-3)15(18)10-12/h4-10,18H,11H2,1-3H3. The maximum atomic E-state index is 9.78. The summed E-state index contributed by atoms with van der Waals surface area (Å²) in [4.78, 5) is 2.10. The van der Waals surface area contributed by atoms with E-state index in [1.165, 1.54) is 7.11 Å². The number of benzene rings is 2. The fourth-order valence-corrected chi connectivity index (χ4v) is 2.04. The molecule has 20 heavy (non-hydrogen) atoms. The molecule has 2 aromatic carbocycles. The summed E-state index contributed by atoms with van der Waals surface area (Å²) in [6.45, 7) is 0.698. The van der Waals surface area contributed by atoms with Crippen LogP contribution in [0.4, 0.5) is 5.69 Å². The molecule has 106 valence electrons. The molecule has 4 nitrogen and oxygen atoms in total. The van der Waals surface area contributed by atoms with Crippen LogP contribution in [-0.2, 0) is 6.54 Å². The van der Waals surface area contributed by atoms with Crippen molar-refractivity contribution < 1.29 is 14.6 Å². The molecule has 0 atom stereocenters. The molecule has 0 unspecified atom stereocenters. The Morgan fingerprint density at radius 2 is 1.70 bits per heavy atom. The number of hydrogen-bond acceptors (Lipinski definition) is 4. The van der Waals surface area contributed by atoms with E-state index < -0.39 is 0 Å². The fraction of sp³-hybridized carbons (Fsp3) is 0.250. The van der Waals surface area contributed by atoms with E-state index in [1.54, 1.807) is 19.2 Å². The lowest BCUT2D eigenvalue weighted by Gasteiger charge is -2.20. The monoisotopic (exact) mass is 273 g/mol. The van der Waals surface area contributed by atoms with Crippen molar-refractivity contribution in [3.63, 3.8) is 0 Å². The van der Waals surface area contributed by atoms with Gasteiger partial charge in [0.2, 0.25) is 0 Å². The van der Waals surface area contributed by atoms with Crippen LogP contribution in [0.15, 0.2) is 42.5 Å². The van der Waals surface area contributed by atoms with Gasteiger partial charge in [0.25, 0.3) is 0 Å². The van der Waals surface area contributed by atoms with E-state index in [9.17, 15) is 5.11 Å². The van der Waals surface area contributed by atoms with E-state index in [-0.39, 0.29) is 5.75 Å². The number of ether oxygens (including phenoxy) is 2. The van der Waals surface area contributed by atoms with E-state index in [0.717, 1.165) is 17.0 Å². The number of rotatable bonds is 5. The SMILES string of the molecule is COc1ccc(N(C)Cc2ccc(OC)c(O)c2)cc1. The highest BCUT2D eigenvalue weighted by Gasteiger charge is 2.06. The third-order valence-electron chi connectivity index (χ3n) is 3.18. The highest BCUT2D eigenvalue weighted by atomic mass is 16.5. The van der Waals surface area contributed by atoms with Crippen molar-refractivity contribution in [3.05, 3.63) is 48.0 Å². The fourth-order valence-electron chi connectivity index (χ4n) is 2.04. The van der Waals surface area contributed by atoms with Crippen molar-refractivity contribution in [3.8, 4) is 17.2 Å². The van der Waals surface area contributed by atoms with Crippen LogP contribution in [0, 0.1) is 0 Å². The second-order valence-electron chi connectivity index (χ2n) is 4.56. The number of aromatic hydroxyl groups is 1. The van der Waals surface area contributed by atoms with Gasteiger partial charge >= 0.3 is 0 Å². The van der Waals surface area contributed by atoms with Crippen LogP contribution < -0.4 is 14.4 Å². The molecule has 0 aromatic heterocycles. The summed E-state index contributed by atoms with van der Waals surface area (Å²) in [5.74, 6) is 1.48. The van der Waals surface area contributed by atoms with Gasteiger partial charge in [-0.15, -0.1) is 0 Å². The van der Waals surface area contributed by atoms with Crippen molar-refractivity contribution in [2.45, 2.75) is 6.54 Å². The Bertz CT molecular complexity index is 566. The molecule has 0 saturated heterocycles. The van der Waals surface area contributed by atoms with Gasteiger partial charge < -0.3 is 19.5 Å². The number of methoxy groups -OCH3 is 2. The molecule has 2 rings (SSSR count). The van der Waals surface area contributed by atoms with Crippen LogP contribution in [0.3, 0.4) is 0 Å². The number of nitrogens with zero attached hydrogens (tertiary/aromatic N) is 1. The summed E-state index contributed by atoms with van der Waals surface area (Å²) < 4.78 is 10.2. The quantitative estimate of drug-likeness (QED) is 0.909. The molecule has 0 spiro atoms. The molecule has 0 bridgehead atoms. The lowest BCUT2D eigenvalue weighted by molar-refractivity contribution is 0.373. The van der Waals surface area contributed by atoms with Crippen molar-refractivity contribution in [1.29, 1.82) is 0 Å². The van der Waals surface area contributed by atoms with Crippen molar-refractivity contribution in [2.75, 3.05) is 26.2 Å². The summed E-state index contributed by atoms with van der Waals surface area (Å²) in [6.07, 6.45) is 0. The normalized spacial score (nSPS) is 10.2. The average Bonchev–Trinajstić information content (AvgIpc) is 2.47. The van der Waals surface area contributed by atoms with Crippen LogP contribution in [0.5, 0.6) is 17.2 Å². The Morgan fingerprint density at radius 3 is 2.25 bits per heavy atom. The second kappa shape index (κ2) is 6.19. The average molecular weight is 273 g/mol.